The molecule has 17 heavy (non-hydrogen) atoms. The first-order chi connectivity index (χ1) is 8.24. The first-order valence-electron chi connectivity index (χ1n) is 6.37. The molecule has 0 amide bonds. The van der Waals surface area contributed by atoms with Crippen LogP contribution in [0.15, 0.2) is 24.3 Å². The van der Waals surface area contributed by atoms with Crippen LogP contribution >= 0.6 is 0 Å². The molecule has 1 aromatic carbocycles. The second-order valence-electron chi connectivity index (χ2n) is 4.53. The van der Waals surface area contributed by atoms with Crippen LogP contribution in [0.4, 0.5) is 5.69 Å². The molecule has 95 valence electrons. The second kappa shape index (κ2) is 8.13. The van der Waals surface area contributed by atoms with Crippen molar-refractivity contribution < 1.29 is 4.74 Å². The lowest BCUT2D eigenvalue weighted by Gasteiger charge is -2.12. The summed E-state index contributed by atoms with van der Waals surface area (Å²) < 4.78 is 5.63. The van der Waals surface area contributed by atoms with Crippen LogP contribution in [0.3, 0.4) is 0 Å². The Morgan fingerprint density at radius 2 is 1.76 bits per heavy atom. The second-order valence-corrected chi connectivity index (χ2v) is 4.53. The number of hydrogen-bond donors (Lipinski definition) is 0. The molecule has 0 saturated heterocycles. The van der Waals surface area contributed by atoms with Gasteiger partial charge in [-0.1, -0.05) is 38.3 Å². The summed E-state index contributed by atoms with van der Waals surface area (Å²) in [7, 11) is 4.10. The van der Waals surface area contributed by atoms with Crippen LogP contribution in [-0.4, -0.2) is 20.7 Å². The van der Waals surface area contributed by atoms with Crippen molar-refractivity contribution in [3.8, 4) is 0 Å². The molecule has 0 fully saturated rings. The number of hydrogen-bond acceptors (Lipinski definition) is 2. The van der Waals surface area contributed by atoms with E-state index in [0.29, 0.717) is 0 Å². The van der Waals surface area contributed by atoms with Crippen LogP contribution in [0.5, 0.6) is 0 Å². The molecule has 0 atom stereocenters. The maximum atomic E-state index is 5.63. The molecular weight excluding hydrogens is 210 g/mol. The van der Waals surface area contributed by atoms with E-state index in [2.05, 4.69) is 36.1 Å². The molecule has 2 nitrogen and oxygen atoms in total. The Kier molecular flexibility index (Phi) is 6.71. The number of rotatable bonds is 8. The van der Waals surface area contributed by atoms with Crippen LogP contribution in [0.1, 0.15) is 31.2 Å². The van der Waals surface area contributed by atoms with Gasteiger partial charge in [-0.15, -0.1) is 0 Å². The van der Waals surface area contributed by atoms with Gasteiger partial charge < -0.3 is 9.64 Å². The normalized spacial score (nSPS) is 10.5. The zero-order valence-electron chi connectivity index (χ0n) is 11.1. The Bertz CT molecular complexity index is 292. The Labute approximate surface area is 106 Å². The van der Waals surface area contributed by atoms with Crippen molar-refractivity contribution in [3.63, 3.8) is 0 Å². The van der Waals surface area contributed by atoms with Crippen molar-refractivity contribution in [2.75, 3.05) is 25.6 Å². The fourth-order valence-corrected chi connectivity index (χ4v) is 1.64. The summed E-state index contributed by atoms with van der Waals surface area (Å²) in [5.41, 5.74) is 2.47. The van der Waals surface area contributed by atoms with Crippen molar-refractivity contribution in [2.24, 2.45) is 0 Å². The maximum Gasteiger partial charge on any atom is 0.0716 e. The lowest BCUT2D eigenvalue weighted by atomic mass is 10.2. The van der Waals surface area contributed by atoms with Crippen molar-refractivity contribution in [3.05, 3.63) is 36.8 Å². The highest BCUT2D eigenvalue weighted by Crippen LogP contribution is 2.13. The average molecular weight is 234 g/mol. The van der Waals surface area contributed by atoms with E-state index in [4.69, 9.17) is 4.74 Å². The van der Waals surface area contributed by atoms with E-state index in [1.807, 2.05) is 14.1 Å². The SMILES string of the molecule is [CH2]CCCCCOCc1ccc(N(C)C)cc1. The summed E-state index contributed by atoms with van der Waals surface area (Å²) in [5.74, 6) is 0. The molecule has 0 saturated carbocycles. The predicted molar refractivity (Wildman–Crippen MR) is 74.3 cm³/mol. The topological polar surface area (TPSA) is 12.5 Å². The largest absolute Gasteiger partial charge is 0.378 e. The summed E-state index contributed by atoms with van der Waals surface area (Å²) in [6.07, 6.45) is 4.61. The molecule has 0 aliphatic carbocycles. The third kappa shape index (κ3) is 5.73. The molecule has 1 aromatic rings. The van der Waals surface area contributed by atoms with E-state index in [9.17, 15) is 0 Å². The summed E-state index contributed by atoms with van der Waals surface area (Å²) in [6.45, 7) is 5.41. The van der Waals surface area contributed by atoms with Crippen molar-refractivity contribution in [1.29, 1.82) is 0 Å². The number of nitrogens with zero attached hydrogens (tertiary/aromatic N) is 1. The van der Waals surface area contributed by atoms with Crippen molar-refractivity contribution in [2.45, 2.75) is 32.3 Å². The lowest BCUT2D eigenvalue weighted by Crippen LogP contribution is -2.08. The standard InChI is InChI=1S/C15H24NO/c1-4-5-6-7-12-17-13-14-8-10-15(11-9-14)16(2)3/h8-11H,1,4-7,12-13H2,2-3H3. The minimum atomic E-state index is 0.720. The van der Waals surface area contributed by atoms with E-state index >= 15 is 0 Å². The Hall–Kier alpha value is -1.02. The molecule has 0 unspecified atom stereocenters. The van der Waals surface area contributed by atoms with Crippen LogP contribution in [0, 0.1) is 6.92 Å². The number of benzene rings is 1. The highest BCUT2D eigenvalue weighted by atomic mass is 16.5. The molecule has 0 spiro atoms. The zero-order chi connectivity index (χ0) is 12.5. The van der Waals surface area contributed by atoms with Gasteiger partial charge in [-0.2, -0.15) is 0 Å². The molecule has 0 bridgehead atoms. The van der Waals surface area contributed by atoms with E-state index in [-0.39, 0.29) is 0 Å². The number of ether oxygens (including phenoxy) is 1. The van der Waals surface area contributed by atoms with Gasteiger partial charge in [-0.3, -0.25) is 0 Å². The van der Waals surface area contributed by atoms with Gasteiger partial charge in [0.25, 0.3) is 0 Å². The van der Waals surface area contributed by atoms with Gasteiger partial charge in [-0.05, 0) is 24.1 Å². The fraction of sp³-hybridized carbons (Fsp3) is 0.533. The van der Waals surface area contributed by atoms with Gasteiger partial charge in [0, 0.05) is 26.4 Å². The molecule has 0 heterocycles. The third-order valence-electron chi connectivity index (χ3n) is 2.76. The first kappa shape index (κ1) is 14.0. The van der Waals surface area contributed by atoms with Crippen LogP contribution in [0.25, 0.3) is 0 Å². The fourth-order valence-electron chi connectivity index (χ4n) is 1.64. The Balaban J connectivity index is 2.19. The minimum Gasteiger partial charge on any atom is -0.378 e. The van der Waals surface area contributed by atoms with Gasteiger partial charge in [0.2, 0.25) is 0 Å². The quantitative estimate of drug-likeness (QED) is 0.636. The van der Waals surface area contributed by atoms with Crippen LogP contribution in [0.2, 0.25) is 0 Å². The first-order valence-corrected chi connectivity index (χ1v) is 6.37. The lowest BCUT2D eigenvalue weighted by molar-refractivity contribution is 0.117. The summed E-state index contributed by atoms with van der Waals surface area (Å²) in [4.78, 5) is 2.10. The average Bonchev–Trinajstić information content (AvgIpc) is 2.34. The van der Waals surface area contributed by atoms with E-state index in [1.54, 1.807) is 0 Å². The smallest absolute Gasteiger partial charge is 0.0716 e. The Morgan fingerprint density at radius 1 is 1.06 bits per heavy atom. The molecule has 0 N–H and O–H groups in total. The monoisotopic (exact) mass is 234 g/mol. The molecule has 2 heteroatoms. The predicted octanol–water partition coefficient (Wildman–Crippen LogP) is 3.66. The zero-order valence-corrected chi connectivity index (χ0v) is 11.1. The number of unbranched alkanes of at least 4 members (excludes halogenated alkanes) is 3. The Morgan fingerprint density at radius 3 is 2.35 bits per heavy atom. The van der Waals surface area contributed by atoms with Gasteiger partial charge in [0.1, 0.15) is 0 Å². The third-order valence-corrected chi connectivity index (χ3v) is 2.76. The van der Waals surface area contributed by atoms with Gasteiger partial charge in [-0.25, -0.2) is 0 Å². The van der Waals surface area contributed by atoms with Crippen LogP contribution < -0.4 is 4.90 Å². The van der Waals surface area contributed by atoms with Crippen LogP contribution in [-0.2, 0) is 11.3 Å². The molecule has 1 rings (SSSR count). The van der Waals surface area contributed by atoms with E-state index in [0.717, 1.165) is 26.1 Å². The molecule has 0 aromatic heterocycles. The highest BCUT2D eigenvalue weighted by Gasteiger charge is 1.96. The molecular formula is C15H24NO. The van der Waals surface area contributed by atoms with Crippen molar-refractivity contribution >= 4 is 5.69 Å². The van der Waals surface area contributed by atoms with E-state index < -0.39 is 0 Å². The minimum absolute atomic E-state index is 0.720. The van der Waals surface area contributed by atoms with E-state index in [1.165, 1.54) is 24.1 Å². The highest BCUT2D eigenvalue weighted by molar-refractivity contribution is 5.45. The summed E-state index contributed by atoms with van der Waals surface area (Å²) in [5, 5.41) is 0. The summed E-state index contributed by atoms with van der Waals surface area (Å²) >= 11 is 0. The van der Waals surface area contributed by atoms with Gasteiger partial charge >= 0.3 is 0 Å². The molecule has 0 aliphatic rings. The van der Waals surface area contributed by atoms with Gasteiger partial charge in [0.15, 0.2) is 0 Å². The maximum absolute atomic E-state index is 5.63. The van der Waals surface area contributed by atoms with Crippen molar-refractivity contribution in [1.82, 2.24) is 0 Å². The van der Waals surface area contributed by atoms with Gasteiger partial charge in [0.05, 0.1) is 6.61 Å². The number of anilines is 1. The molecule has 1 radical (unpaired) electrons. The molecule has 0 aliphatic heterocycles. The summed E-state index contributed by atoms with van der Waals surface area (Å²) in [6, 6.07) is 8.51.